The molecule has 1 unspecified atom stereocenters. The van der Waals surface area contributed by atoms with Crippen LogP contribution in [0, 0.1) is 0 Å². The standard InChI is InChI=1S/C20H28N4O4/c1-3-28-19(26)22-13-6-9-24(12-13)14-4-7-20(8-5-14)15-10-17(27-2)21-11-16(15)23-18(20)25/h10-11,13-14H,3-9,12H2,1-2H3,(H,22,26)(H,23,25). The van der Waals surface area contributed by atoms with Crippen LogP contribution in [0.4, 0.5) is 10.5 Å². The first-order chi connectivity index (χ1) is 13.6. The van der Waals surface area contributed by atoms with Crippen molar-refractivity contribution in [2.45, 2.75) is 56.5 Å². The largest absolute Gasteiger partial charge is 0.481 e. The lowest BCUT2D eigenvalue weighted by molar-refractivity contribution is -0.122. The third-order valence-corrected chi connectivity index (χ3v) is 6.43. The molecule has 2 N–H and O–H groups in total. The average Bonchev–Trinajstić information content (AvgIpc) is 3.26. The Morgan fingerprint density at radius 3 is 2.89 bits per heavy atom. The van der Waals surface area contributed by atoms with Crippen molar-refractivity contribution in [2.75, 3.05) is 32.1 Å². The Hall–Kier alpha value is -2.35. The molecule has 1 saturated carbocycles. The van der Waals surface area contributed by atoms with Crippen LogP contribution >= 0.6 is 0 Å². The summed E-state index contributed by atoms with van der Waals surface area (Å²) in [4.78, 5) is 31.1. The van der Waals surface area contributed by atoms with Gasteiger partial charge in [0.2, 0.25) is 11.8 Å². The molecule has 1 aliphatic carbocycles. The molecule has 1 saturated heterocycles. The molecule has 28 heavy (non-hydrogen) atoms. The quantitative estimate of drug-likeness (QED) is 0.820. The summed E-state index contributed by atoms with van der Waals surface area (Å²) < 4.78 is 10.3. The summed E-state index contributed by atoms with van der Waals surface area (Å²) in [7, 11) is 1.59. The molecule has 8 heteroatoms. The van der Waals surface area contributed by atoms with Crippen molar-refractivity contribution in [3.63, 3.8) is 0 Å². The Kier molecular flexibility index (Phi) is 5.14. The molecule has 8 nitrogen and oxygen atoms in total. The number of hydrogen-bond acceptors (Lipinski definition) is 6. The predicted octanol–water partition coefficient (Wildman–Crippen LogP) is 2.04. The van der Waals surface area contributed by atoms with Crippen molar-refractivity contribution in [1.82, 2.24) is 15.2 Å². The molecule has 152 valence electrons. The number of carbonyl (C=O) groups excluding carboxylic acids is 2. The van der Waals surface area contributed by atoms with Crippen LogP contribution in [0.3, 0.4) is 0 Å². The van der Waals surface area contributed by atoms with Crippen molar-refractivity contribution >= 4 is 17.7 Å². The SMILES string of the molecule is CCOC(=O)NC1CCN(C2CCC3(CC2)C(=O)Nc2cnc(OC)cc23)C1. The van der Waals surface area contributed by atoms with E-state index in [1.807, 2.05) is 6.07 Å². The number of rotatable bonds is 4. The molecule has 1 aromatic rings. The van der Waals surface area contributed by atoms with E-state index < -0.39 is 5.41 Å². The van der Waals surface area contributed by atoms with Gasteiger partial charge in [-0.05, 0) is 44.6 Å². The molecule has 0 radical (unpaired) electrons. The fraction of sp³-hybridized carbons (Fsp3) is 0.650. The molecule has 2 amide bonds. The highest BCUT2D eigenvalue weighted by molar-refractivity contribution is 6.06. The summed E-state index contributed by atoms with van der Waals surface area (Å²) in [5.41, 5.74) is 1.36. The molecule has 1 atom stereocenters. The van der Waals surface area contributed by atoms with Crippen LogP contribution in [0.2, 0.25) is 0 Å². The lowest BCUT2D eigenvalue weighted by atomic mass is 9.69. The highest BCUT2D eigenvalue weighted by Gasteiger charge is 2.50. The molecule has 0 bridgehead atoms. The number of carbonyl (C=O) groups is 2. The van der Waals surface area contributed by atoms with Gasteiger partial charge in [0.05, 0.1) is 31.0 Å². The number of amides is 2. The van der Waals surface area contributed by atoms with E-state index in [2.05, 4.69) is 20.5 Å². The smallest absolute Gasteiger partial charge is 0.407 e. The third kappa shape index (κ3) is 3.30. The van der Waals surface area contributed by atoms with E-state index in [1.54, 1.807) is 20.2 Å². The molecule has 3 aliphatic rings. The zero-order valence-electron chi connectivity index (χ0n) is 16.5. The van der Waals surface area contributed by atoms with Gasteiger partial charge in [-0.3, -0.25) is 9.69 Å². The van der Waals surface area contributed by atoms with Gasteiger partial charge in [0.25, 0.3) is 0 Å². The van der Waals surface area contributed by atoms with E-state index in [0.29, 0.717) is 18.5 Å². The molecular weight excluding hydrogens is 360 g/mol. The van der Waals surface area contributed by atoms with Crippen molar-refractivity contribution in [1.29, 1.82) is 0 Å². The zero-order chi connectivity index (χ0) is 19.7. The van der Waals surface area contributed by atoms with Crippen LogP contribution in [-0.4, -0.2) is 60.8 Å². The third-order valence-electron chi connectivity index (χ3n) is 6.43. The average molecular weight is 388 g/mol. The second-order valence-electron chi connectivity index (χ2n) is 7.88. The van der Waals surface area contributed by atoms with Crippen LogP contribution in [0.25, 0.3) is 0 Å². The number of fused-ring (bicyclic) bond motifs is 2. The van der Waals surface area contributed by atoms with Crippen LogP contribution in [-0.2, 0) is 14.9 Å². The maximum atomic E-state index is 12.8. The molecule has 2 aliphatic heterocycles. The molecule has 0 aromatic carbocycles. The summed E-state index contributed by atoms with van der Waals surface area (Å²) in [5, 5.41) is 5.94. The topological polar surface area (TPSA) is 92.8 Å². The lowest BCUT2D eigenvalue weighted by Crippen LogP contribution is -2.45. The number of nitrogens with zero attached hydrogens (tertiary/aromatic N) is 2. The van der Waals surface area contributed by atoms with Crippen LogP contribution in [0.5, 0.6) is 5.88 Å². The summed E-state index contributed by atoms with van der Waals surface area (Å²) in [6, 6.07) is 2.49. The van der Waals surface area contributed by atoms with E-state index in [1.165, 1.54) is 0 Å². The van der Waals surface area contributed by atoms with Gasteiger partial charge in [-0.25, -0.2) is 9.78 Å². The predicted molar refractivity (Wildman–Crippen MR) is 103 cm³/mol. The van der Waals surface area contributed by atoms with Gasteiger partial charge in [0.15, 0.2) is 0 Å². The highest BCUT2D eigenvalue weighted by Crippen LogP contribution is 2.48. The summed E-state index contributed by atoms with van der Waals surface area (Å²) in [6.07, 6.45) is 5.85. The van der Waals surface area contributed by atoms with E-state index in [4.69, 9.17) is 9.47 Å². The second-order valence-corrected chi connectivity index (χ2v) is 7.88. The maximum absolute atomic E-state index is 12.8. The van der Waals surface area contributed by atoms with Crippen molar-refractivity contribution in [2.24, 2.45) is 0 Å². The molecule has 1 aromatic heterocycles. The molecule has 2 fully saturated rings. The second kappa shape index (κ2) is 7.58. The maximum Gasteiger partial charge on any atom is 0.407 e. The summed E-state index contributed by atoms with van der Waals surface area (Å²) in [6.45, 7) is 4.00. The Labute approximate surface area is 165 Å². The lowest BCUT2D eigenvalue weighted by Gasteiger charge is -2.39. The van der Waals surface area contributed by atoms with Gasteiger partial charge in [-0.15, -0.1) is 0 Å². The monoisotopic (exact) mass is 388 g/mol. The number of alkyl carbamates (subject to hydrolysis) is 1. The Morgan fingerprint density at radius 1 is 1.39 bits per heavy atom. The van der Waals surface area contributed by atoms with E-state index >= 15 is 0 Å². The number of aromatic nitrogens is 1. The Bertz CT molecular complexity index is 761. The van der Waals surface area contributed by atoms with Crippen molar-refractivity contribution < 1.29 is 19.1 Å². The van der Waals surface area contributed by atoms with Gasteiger partial charge in [0.1, 0.15) is 0 Å². The Balaban J connectivity index is 1.39. The van der Waals surface area contributed by atoms with Crippen molar-refractivity contribution in [3.05, 3.63) is 17.8 Å². The van der Waals surface area contributed by atoms with E-state index in [9.17, 15) is 9.59 Å². The first-order valence-corrected chi connectivity index (χ1v) is 10.1. The number of pyridine rings is 1. The number of nitrogens with one attached hydrogen (secondary N) is 2. The number of ether oxygens (including phenoxy) is 2. The highest BCUT2D eigenvalue weighted by atomic mass is 16.5. The summed E-state index contributed by atoms with van der Waals surface area (Å²) >= 11 is 0. The normalized spacial score (nSPS) is 29.4. The fourth-order valence-corrected chi connectivity index (χ4v) is 4.94. The van der Waals surface area contributed by atoms with Crippen LogP contribution < -0.4 is 15.4 Å². The number of likely N-dealkylation sites (tertiary alicyclic amines) is 1. The first kappa shape index (κ1) is 19.0. The number of anilines is 1. The van der Waals surface area contributed by atoms with Gasteiger partial charge >= 0.3 is 6.09 Å². The van der Waals surface area contributed by atoms with Crippen LogP contribution in [0.1, 0.15) is 44.6 Å². The molecule has 4 rings (SSSR count). The number of methoxy groups -OCH3 is 1. The van der Waals surface area contributed by atoms with E-state index in [-0.39, 0.29) is 18.0 Å². The minimum Gasteiger partial charge on any atom is -0.481 e. The van der Waals surface area contributed by atoms with Gasteiger partial charge in [-0.2, -0.15) is 0 Å². The van der Waals surface area contributed by atoms with Gasteiger partial charge in [-0.1, -0.05) is 0 Å². The minimum absolute atomic E-state index is 0.0827. The first-order valence-electron chi connectivity index (χ1n) is 10.1. The minimum atomic E-state index is -0.468. The fourth-order valence-electron chi connectivity index (χ4n) is 4.94. The Morgan fingerprint density at radius 2 is 2.18 bits per heavy atom. The van der Waals surface area contributed by atoms with Gasteiger partial charge < -0.3 is 20.1 Å². The van der Waals surface area contributed by atoms with Crippen molar-refractivity contribution in [3.8, 4) is 5.88 Å². The molecule has 1 spiro atoms. The molecule has 3 heterocycles. The van der Waals surface area contributed by atoms with Crippen LogP contribution in [0.15, 0.2) is 12.3 Å². The number of hydrogen-bond donors (Lipinski definition) is 2. The van der Waals surface area contributed by atoms with E-state index in [0.717, 1.165) is 56.4 Å². The zero-order valence-corrected chi connectivity index (χ0v) is 16.5. The van der Waals surface area contributed by atoms with Gasteiger partial charge in [0, 0.05) is 31.2 Å². The summed E-state index contributed by atoms with van der Waals surface area (Å²) in [5.74, 6) is 0.628. The molecular formula is C20H28N4O4.